The standard InChI is InChI=1S/C19H16O3/c1-13-6-8-14(9-7-13)11-22-12-15-10-18(20)16-4-2-3-5-17(16)19(15)21/h2-10H,11-12H2,1H3. The van der Waals surface area contributed by atoms with E-state index in [2.05, 4.69) is 0 Å². The number of aryl methyl sites for hydroxylation is 1. The van der Waals surface area contributed by atoms with Crippen LogP contribution in [-0.2, 0) is 11.3 Å². The van der Waals surface area contributed by atoms with E-state index < -0.39 is 0 Å². The molecule has 0 aliphatic heterocycles. The van der Waals surface area contributed by atoms with Gasteiger partial charge in [0.05, 0.1) is 13.2 Å². The van der Waals surface area contributed by atoms with Crippen LogP contribution in [0.3, 0.4) is 0 Å². The SMILES string of the molecule is Cc1ccc(COCC2=CC(=O)c3ccccc3C2=O)cc1. The Morgan fingerprint density at radius 2 is 1.55 bits per heavy atom. The van der Waals surface area contributed by atoms with Crippen molar-refractivity contribution in [2.75, 3.05) is 6.61 Å². The Balaban J connectivity index is 1.67. The molecule has 110 valence electrons. The third kappa shape index (κ3) is 2.90. The predicted molar refractivity (Wildman–Crippen MR) is 84.0 cm³/mol. The van der Waals surface area contributed by atoms with E-state index in [-0.39, 0.29) is 18.2 Å². The summed E-state index contributed by atoms with van der Waals surface area (Å²) in [4.78, 5) is 24.4. The molecule has 22 heavy (non-hydrogen) atoms. The Labute approximate surface area is 129 Å². The third-order valence-electron chi connectivity index (χ3n) is 3.68. The molecule has 0 saturated heterocycles. The third-order valence-corrected chi connectivity index (χ3v) is 3.68. The van der Waals surface area contributed by atoms with Crippen LogP contribution in [0.1, 0.15) is 31.8 Å². The van der Waals surface area contributed by atoms with Crippen LogP contribution in [0.5, 0.6) is 0 Å². The molecule has 3 heteroatoms. The van der Waals surface area contributed by atoms with Crippen molar-refractivity contribution < 1.29 is 14.3 Å². The first kappa shape index (κ1) is 14.4. The van der Waals surface area contributed by atoms with Gasteiger partial charge < -0.3 is 4.74 Å². The second-order valence-electron chi connectivity index (χ2n) is 5.39. The first-order chi connectivity index (χ1) is 10.6. The lowest BCUT2D eigenvalue weighted by Gasteiger charge is -2.15. The van der Waals surface area contributed by atoms with Gasteiger partial charge in [-0.1, -0.05) is 54.1 Å². The quantitative estimate of drug-likeness (QED) is 0.866. The van der Waals surface area contributed by atoms with Gasteiger partial charge in [-0.15, -0.1) is 0 Å². The molecule has 3 rings (SSSR count). The number of rotatable bonds is 4. The Morgan fingerprint density at radius 1 is 0.864 bits per heavy atom. The van der Waals surface area contributed by atoms with Gasteiger partial charge in [-0.25, -0.2) is 0 Å². The molecular formula is C19H16O3. The lowest BCUT2D eigenvalue weighted by molar-refractivity contribution is 0.0933. The molecule has 2 aromatic rings. The molecule has 0 fully saturated rings. The van der Waals surface area contributed by atoms with Gasteiger partial charge in [0.1, 0.15) is 0 Å². The number of ether oxygens (including phenoxy) is 1. The molecule has 0 N–H and O–H groups in total. The topological polar surface area (TPSA) is 43.4 Å². The van der Waals surface area contributed by atoms with Crippen molar-refractivity contribution in [3.63, 3.8) is 0 Å². The molecule has 3 nitrogen and oxygen atoms in total. The molecule has 0 aromatic heterocycles. The maximum absolute atomic E-state index is 12.3. The number of allylic oxidation sites excluding steroid dienone is 1. The van der Waals surface area contributed by atoms with Crippen LogP contribution < -0.4 is 0 Å². The molecule has 1 aliphatic rings. The monoisotopic (exact) mass is 292 g/mol. The van der Waals surface area contributed by atoms with Crippen LogP contribution in [0.25, 0.3) is 0 Å². The summed E-state index contributed by atoms with van der Waals surface area (Å²) in [6.45, 7) is 2.59. The van der Waals surface area contributed by atoms with Gasteiger partial charge in [0.2, 0.25) is 0 Å². The maximum Gasteiger partial charge on any atom is 0.192 e. The highest BCUT2D eigenvalue weighted by atomic mass is 16.5. The molecule has 1 aliphatic carbocycles. The number of fused-ring (bicyclic) bond motifs is 1. The van der Waals surface area contributed by atoms with Crippen LogP contribution in [0.2, 0.25) is 0 Å². The minimum absolute atomic E-state index is 0.126. The van der Waals surface area contributed by atoms with Crippen molar-refractivity contribution in [2.45, 2.75) is 13.5 Å². The van der Waals surface area contributed by atoms with Crippen molar-refractivity contribution >= 4 is 11.6 Å². The second-order valence-corrected chi connectivity index (χ2v) is 5.39. The fraction of sp³-hybridized carbons (Fsp3) is 0.158. The average Bonchev–Trinajstić information content (AvgIpc) is 2.54. The van der Waals surface area contributed by atoms with Crippen molar-refractivity contribution in [3.8, 4) is 0 Å². The Kier molecular flexibility index (Phi) is 3.98. The maximum atomic E-state index is 12.3. The van der Waals surface area contributed by atoms with E-state index in [1.807, 2.05) is 31.2 Å². The van der Waals surface area contributed by atoms with E-state index in [0.717, 1.165) is 5.56 Å². The highest BCUT2D eigenvalue weighted by Gasteiger charge is 2.24. The molecule has 0 amide bonds. The summed E-state index contributed by atoms with van der Waals surface area (Å²) in [6.07, 6.45) is 1.39. The summed E-state index contributed by atoms with van der Waals surface area (Å²) in [5.41, 5.74) is 3.58. The van der Waals surface area contributed by atoms with Crippen LogP contribution in [-0.4, -0.2) is 18.2 Å². The zero-order valence-electron chi connectivity index (χ0n) is 12.3. The molecule has 0 saturated carbocycles. The highest BCUT2D eigenvalue weighted by molar-refractivity contribution is 6.24. The van der Waals surface area contributed by atoms with E-state index in [1.165, 1.54) is 11.6 Å². The summed E-state index contributed by atoms with van der Waals surface area (Å²) in [7, 11) is 0. The van der Waals surface area contributed by atoms with Crippen LogP contribution in [0.4, 0.5) is 0 Å². The minimum Gasteiger partial charge on any atom is -0.372 e. The van der Waals surface area contributed by atoms with Crippen LogP contribution in [0.15, 0.2) is 60.2 Å². The van der Waals surface area contributed by atoms with E-state index in [9.17, 15) is 9.59 Å². The van der Waals surface area contributed by atoms with Gasteiger partial charge in [0.25, 0.3) is 0 Å². The van der Waals surface area contributed by atoms with E-state index in [4.69, 9.17) is 4.74 Å². The van der Waals surface area contributed by atoms with Crippen molar-refractivity contribution in [3.05, 3.63) is 82.4 Å². The van der Waals surface area contributed by atoms with E-state index >= 15 is 0 Å². The first-order valence-electron chi connectivity index (χ1n) is 7.17. The molecule has 2 aromatic carbocycles. The number of ketones is 2. The molecule has 0 spiro atoms. The Hall–Kier alpha value is -2.52. The van der Waals surface area contributed by atoms with Crippen LogP contribution in [0, 0.1) is 6.92 Å². The Morgan fingerprint density at radius 3 is 2.27 bits per heavy atom. The van der Waals surface area contributed by atoms with Crippen molar-refractivity contribution in [1.82, 2.24) is 0 Å². The van der Waals surface area contributed by atoms with Gasteiger partial charge in [0, 0.05) is 16.7 Å². The lowest BCUT2D eigenvalue weighted by Crippen LogP contribution is -2.19. The molecule has 0 radical (unpaired) electrons. The molecule has 0 heterocycles. The fourth-order valence-electron chi connectivity index (χ4n) is 2.44. The van der Waals surface area contributed by atoms with Gasteiger partial charge in [-0.05, 0) is 18.6 Å². The smallest absolute Gasteiger partial charge is 0.192 e. The molecular weight excluding hydrogens is 276 g/mol. The number of carbonyl (C=O) groups excluding carboxylic acids is 2. The van der Waals surface area contributed by atoms with Gasteiger partial charge >= 0.3 is 0 Å². The van der Waals surface area contributed by atoms with Gasteiger partial charge in [0.15, 0.2) is 11.6 Å². The Bertz CT molecular complexity index is 755. The highest BCUT2D eigenvalue weighted by Crippen LogP contribution is 2.21. The number of Topliss-reactive ketones (excluding diaryl/α,β-unsaturated/α-hetero) is 1. The summed E-state index contributed by atoms with van der Waals surface area (Å²) >= 11 is 0. The summed E-state index contributed by atoms with van der Waals surface area (Å²) < 4.78 is 5.59. The van der Waals surface area contributed by atoms with E-state index in [0.29, 0.717) is 23.3 Å². The summed E-state index contributed by atoms with van der Waals surface area (Å²) in [6, 6.07) is 14.9. The molecule has 0 atom stereocenters. The average molecular weight is 292 g/mol. The minimum atomic E-state index is -0.135. The van der Waals surface area contributed by atoms with E-state index in [1.54, 1.807) is 24.3 Å². The fourth-order valence-corrected chi connectivity index (χ4v) is 2.44. The first-order valence-corrected chi connectivity index (χ1v) is 7.17. The van der Waals surface area contributed by atoms with Crippen LogP contribution >= 0.6 is 0 Å². The largest absolute Gasteiger partial charge is 0.372 e. The lowest BCUT2D eigenvalue weighted by atomic mass is 9.90. The van der Waals surface area contributed by atoms with Crippen molar-refractivity contribution in [2.24, 2.45) is 0 Å². The normalized spacial score (nSPS) is 13.8. The van der Waals surface area contributed by atoms with Crippen molar-refractivity contribution in [1.29, 1.82) is 0 Å². The predicted octanol–water partition coefficient (Wildman–Crippen LogP) is 3.52. The number of carbonyl (C=O) groups is 2. The number of benzene rings is 2. The number of hydrogen-bond acceptors (Lipinski definition) is 3. The van der Waals surface area contributed by atoms with Gasteiger partial charge in [-0.2, -0.15) is 0 Å². The molecule has 0 bridgehead atoms. The number of hydrogen-bond donors (Lipinski definition) is 0. The second kappa shape index (κ2) is 6.08. The summed E-state index contributed by atoms with van der Waals surface area (Å²) in [5, 5.41) is 0. The zero-order chi connectivity index (χ0) is 15.5. The van der Waals surface area contributed by atoms with Gasteiger partial charge in [-0.3, -0.25) is 9.59 Å². The summed E-state index contributed by atoms with van der Waals surface area (Å²) in [5.74, 6) is -0.261. The molecule has 0 unspecified atom stereocenters. The zero-order valence-corrected chi connectivity index (χ0v) is 12.3.